The SMILES string of the molecule is Cc1cccc(C(=O)NCC(=O)N2CCCC2CO)c1. The molecule has 1 saturated heterocycles. The largest absolute Gasteiger partial charge is 0.394 e. The van der Waals surface area contributed by atoms with Gasteiger partial charge in [-0.25, -0.2) is 0 Å². The molecule has 1 fully saturated rings. The van der Waals surface area contributed by atoms with E-state index in [1.165, 1.54) is 0 Å². The summed E-state index contributed by atoms with van der Waals surface area (Å²) in [5.74, 6) is -0.385. The number of hydrogen-bond donors (Lipinski definition) is 2. The molecule has 1 aliphatic heterocycles. The first kappa shape index (κ1) is 14.5. The van der Waals surface area contributed by atoms with E-state index >= 15 is 0 Å². The van der Waals surface area contributed by atoms with Crippen molar-refractivity contribution in [1.82, 2.24) is 10.2 Å². The van der Waals surface area contributed by atoms with Gasteiger partial charge < -0.3 is 15.3 Å². The molecule has 108 valence electrons. The zero-order valence-corrected chi connectivity index (χ0v) is 11.6. The van der Waals surface area contributed by atoms with Crippen LogP contribution < -0.4 is 5.32 Å². The van der Waals surface area contributed by atoms with E-state index in [4.69, 9.17) is 0 Å². The molecule has 1 unspecified atom stereocenters. The normalized spacial score (nSPS) is 18.1. The summed E-state index contributed by atoms with van der Waals surface area (Å²) in [6.07, 6.45) is 1.73. The van der Waals surface area contributed by atoms with Crippen molar-refractivity contribution < 1.29 is 14.7 Å². The number of aliphatic hydroxyl groups is 1. The minimum Gasteiger partial charge on any atom is -0.394 e. The number of hydrogen-bond acceptors (Lipinski definition) is 3. The number of benzene rings is 1. The Morgan fingerprint density at radius 3 is 2.95 bits per heavy atom. The highest BCUT2D eigenvalue weighted by Crippen LogP contribution is 2.16. The zero-order chi connectivity index (χ0) is 14.5. The summed E-state index contributed by atoms with van der Waals surface area (Å²) in [7, 11) is 0. The maximum absolute atomic E-state index is 12.0. The first-order valence-corrected chi connectivity index (χ1v) is 6.87. The third kappa shape index (κ3) is 3.36. The molecular weight excluding hydrogens is 256 g/mol. The van der Waals surface area contributed by atoms with Crippen LogP contribution in [0.4, 0.5) is 0 Å². The average Bonchev–Trinajstić information content (AvgIpc) is 2.92. The van der Waals surface area contributed by atoms with Gasteiger partial charge in [-0.3, -0.25) is 9.59 Å². The number of carbonyl (C=O) groups is 2. The van der Waals surface area contributed by atoms with Gasteiger partial charge in [0.25, 0.3) is 5.91 Å². The van der Waals surface area contributed by atoms with E-state index in [0.29, 0.717) is 12.1 Å². The number of rotatable bonds is 4. The molecule has 0 saturated carbocycles. The summed E-state index contributed by atoms with van der Waals surface area (Å²) in [4.78, 5) is 25.6. The van der Waals surface area contributed by atoms with Gasteiger partial charge in [-0.1, -0.05) is 17.7 Å². The molecule has 1 atom stereocenters. The molecule has 1 aliphatic rings. The van der Waals surface area contributed by atoms with E-state index in [1.807, 2.05) is 19.1 Å². The van der Waals surface area contributed by atoms with Crippen LogP contribution in [0.1, 0.15) is 28.8 Å². The molecule has 5 nitrogen and oxygen atoms in total. The maximum Gasteiger partial charge on any atom is 0.251 e. The molecule has 2 N–H and O–H groups in total. The summed E-state index contributed by atoms with van der Waals surface area (Å²) in [6, 6.07) is 7.14. The zero-order valence-electron chi connectivity index (χ0n) is 11.6. The van der Waals surface area contributed by atoms with Crippen LogP contribution in [0.15, 0.2) is 24.3 Å². The van der Waals surface area contributed by atoms with Crippen molar-refractivity contribution in [3.05, 3.63) is 35.4 Å². The van der Waals surface area contributed by atoms with Crippen molar-refractivity contribution in [2.45, 2.75) is 25.8 Å². The van der Waals surface area contributed by atoms with Gasteiger partial charge in [0.1, 0.15) is 0 Å². The molecule has 1 aromatic carbocycles. The molecule has 0 radical (unpaired) electrons. The summed E-state index contributed by atoms with van der Waals surface area (Å²) in [6.45, 7) is 2.53. The van der Waals surface area contributed by atoms with Crippen molar-refractivity contribution in [2.75, 3.05) is 19.7 Å². The highest BCUT2D eigenvalue weighted by Gasteiger charge is 2.27. The average molecular weight is 276 g/mol. The monoisotopic (exact) mass is 276 g/mol. The number of amides is 2. The molecular formula is C15H20N2O3. The van der Waals surface area contributed by atoms with E-state index in [0.717, 1.165) is 18.4 Å². The second kappa shape index (κ2) is 6.52. The lowest BCUT2D eigenvalue weighted by Gasteiger charge is -2.23. The molecule has 0 aliphatic carbocycles. The van der Waals surface area contributed by atoms with Crippen molar-refractivity contribution in [2.24, 2.45) is 0 Å². The Bertz CT molecular complexity index is 502. The Morgan fingerprint density at radius 1 is 1.45 bits per heavy atom. The number of carbonyl (C=O) groups excluding carboxylic acids is 2. The first-order valence-electron chi connectivity index (χ1n) is 6.87. The Morgan fingerprint density at radius 2 is 2.25 bits per heavy atom. The van der Waals surface area contributed by atoms with Gasteiger partial charge in [0.05, 0.1) is 19.2 Å². The van der Waals surface area contributed by atoms with E-state index in [9.17, 15) is 14.7 Å². The topological polar surface area (TPSA) is 69.6 Å². The Hall–Kier alpha value is -1.88. The number of nitrogens with one attached hydrogen (secondary N) is 1. The van der Waals surface area contributed by atoms with Gasteiger partial charge in [-0.05, 0) is 31.9 Å². The van der Waals surface area contributed by atoms with Crippen LogP contribution in [0, 0.1) is 6.92 Å². The molecule has 2 rings (SSSR count). The molecule has 1 heterocycles. The first-order chi connectivity index (χ1) is 9.61. The molecule has 0 spiro atoms. The summed E-state index contributed by atoms with van der Waals surface area (Å²) >= 11 is 0. The van der Waals surface area contributed by atoms with Crippen LogP contribution in [0.5, 0.6) is 0 Å². The van der Waals surface area contributed by atoms with Gasteiger partial charge in [0, 0.05) is 12.1 Å². The van der Waals surface area contributed by atoms with Crippen LogP contribution in [0.3, 0.4) is 0 Å². The highest BCUT2D eigenvalue weighted by atomic mass is 16.3. The summed E-state index contributed by atoms with van der Waals surface area (Å²) in [5, 5.41) is 11.8. The molecule has 20 heavy (non-hydrogen) atoms. The maximum atomic E-state index is 12.0. The smallest absolute Gasteiger partial charge is 0.251 e. The van der Waals surface area contributed by atoms with Crippen LogP contribution >= 0.6 is 0 Å². The van der Waals surface area contributed by atoms with Crippen LogP contribution in [0.25, 0.3) is 0 Å². The quantitative estimate of drug-likeness (QED) is 0.851. The summed E-state index contributed by atoms with van der Waals surface area (Å²) in [5.41, 5.74) is 1.56. The predicted octanol–water partition coefficient (Wildman–Crippen LogP) is 0.708. The molecule has 2 amide bonds. The van der Waals surface area contributed by atoms with Crippen molar-refractivity contribution in [1.29, 1.82) is 0 Å². The van der Waals surface area contributed by atoms with Gasteiger partial charge in [-0.2, -0.15) is 0 Å². The van der Waals surface area contributed by atoms with Crippen LogP contribution in [0.2, 0.25) is 0 Å². The Labute approximate surface area is 118 Å². The van der Waals surface area contributed by atoms with Crippen molar-refractivity contribution >= 4 is 11.8 Å². The fourth-order valence-corrected chi connectivity index (χ4v) is 2.50. The Kier molecular flexibility index (Phi) is 4.74. The number of aryl methyl sites for hydroxylation is 1. The number of likely N-dealkylation sites (tertiary alicyclic amines) is 1. The molecule has 5 heteroatoms. The lowest BCUT2D eigenvalue weighted by molar-refractivity contribution is -0.131. The minimum atomic E-state index is -0.248. The lowest BCUT2D eigenvalue weighted by atomic mass is 10.1. The van der Waals surface area contributed by atoms with Crippen LogP contribution in [-0.4, -0.2) is 47.6 Å². The third-order valence-electron chi connectivity index (χ3n) is 3.59. The van der Waals surface area contributed by atoms with Gasteiger partial charge in [-0.15, -0.1) is 0 Å². The van der Waals surface area contributed by atoms with Crippen LogP contribution in [-0.2, 0) is 4.79 Å². The second-order valence-electron chi connectivity index (χ2n) is 5.12. The predicted molar refractivity (Wildman–Crippen MR) is 75.3 cm³/mol. The number of aliphatic hydroxyl groups excluding tert-OH is 1. The van der Waals surface area contributed by atoms with Gasteiger partial charge >= 0.3 is 0 Å². The fourth-order valence-electron chi connectivity index (χ4n) is 2.50. The molecule has 0 bridgehead atoms. The van der Waals surface area contributed by atoms with E-state index in [-0.39, 0.29) is 31.0 Å². The second-order valence-corrected chi connectivity index (χ2v) is 5.12. The third-order valence-corrected chi connectivity index (χ3v) is 3.59. The molecule has 1 aromatic rings. The number of nitrogens with zero attached hydrogens (tertiary/aromatic N) is 1. The van der Waals surface area contributed by atoms with E-state index < -0.39 is 0 Å². The van der Waals surface area contributed by atoms with Crippen molar-refractivity contribution in [3.8, 4) is 0 Å². The van der Waals surface area contributed by atoms with E-state index in [1.54, 1.807) is 17.0 Å². The Balaban J connectivity index is 1.88. The minimum absolute atomic E-state index is 0.0163. The standard InChI is InChI=1S/C15H20N2O3/c1-11-4-2-5-12(8-11)15(20)16-9-14(19)17-7-3-6-13(17)10-18/h2,4-5,8,13,18H,3,6-7,9-10H2,1H3,(H,16,20). The summed E-state index contributed by atoms with van der Waals surface area (Å²) < 4.78 is 0. The van der Waals surface area contributed by atoms with Gasteiger partial charge in [0.15, 0.2) is 0 Å². The van der Waals surface area contributed by atoms with E-state index in [2.05, 4.69) is 5.32 Å². The lowest BCUT2D eigenvalue weighted by Crippen LogP contribution is -2.43. The fraction of sp³-hybridized carbons (Fsp3) is 0.467. The van der Waals surface area contributed by atoms with Gasteiger partial charge in [0.2, 0.25) is 5.91 Å². The van der Waals surface area contributed by atoms with Crippen molar-refractivity contribution in [3.63, 3.8) is 0 Å². The highest BCUT2D eigenvalue weighted by molar-refractivity contribution is 5.96. The molecule has 0 aromatic heterocycles.